The summed E-state index contributed by atoms with van der Waals surface area (Å²) in [6.45, 7) is 10.6. The third kappa shape index (κ3) is 11.3. The highest BCUT2D eigenvalue weighted by Crippen LogP contribution is 2.29. The zero-order valence-electron chi connectivity index (χ0n) is 35.1. The van der Waals surface area contributed by atoms with E-state index in [0.717, 1.165) is 21.8 Å². The summed E-state index contributed by atoms with van der Waals surface area (Å²) >= 11 is 0. The number of aromatic nitrogens is 2. The number of hydrogen-bond donors (Lipinski definition) is 5. The molecule has 328 valence electrons. The van der Waals surface area contributed by atoms with Crippen LogP contribution in [0.5, 0.6) is 0 Å². The fourth-order valence-corrected chi connectivity index (χ4v) is 8.50. The number of primary amides is 1. The minimum absolute atomic E-state index is 0.00755. The van der Waals surface area contributed by atoms with Crippen molar-refractivity contribution in [2.75, 3.05) is 66.8 Å². The van der Waals surface area contributed by atoms with E-state index >= 15 is 0 Å². The van der Waals surface area contributed by atoms with Gasteiger partial charge in [0.1, 0.15) is 18.1 Å². The number of hydrogen-bond acceptors (Lipinski definition) is 14. The smallest absolute Gasteiger partial charge is 0.262 e. The Morgan fingerprint density at radius 3 is 2.31 bits per heavy atom. The number of rotatable bonds is 19. The number of ether oxygens (including phenoxy) is 1. The van der Waals surface area contributed by atoms with Crippen LogP contribution in [0.1, 0.15) is 66.3 Å². The second-order valence-corrected chi connectivity index (χ2v) is 17.6. The molecule has 1 saturated heterocycles. The van der Waals surface area contributed by atoms with Crippen molar-refractivity contribution in [2.45, 2.75) is 63.4 Å². The summed E-state index contributed by atoms with van der Waals surface area (Å²) in [6.07, 6.45) is 2.47. The van der Waals surface area contributed by atoms with Gasteiger partial charge in [-0.25, -0.2) is 18.1 Å². The molecule has 3 aromatic carbocycles. The molecule has 3 heterocycles. The number of amides is 4. The molecule has 0 radical (unpaired) electrons. The molecule has 4 aromatic rings. The first-order valence-corrected chi connectivity index (χ1v) is 21.7. The molecule has 4 amide bonds. The summed E-state index contributed by atoms with van der Waals surface area (Å²) in [5, 5.41) is 9.60. The minimum atomic E-state index is -3.72. The van der Waals surface area contributed by atoms with E-state index in [1.807, 2.05) is 36.1 Å². The van der Waals surface area contributed by atoms with Crippen LogP contribution in [0.25, 0.3) is 0 Å². The van der Waals surface area contributed by atoms with Gasteiger partial charge < -0.3 is 41.0 Å². The Labute approximate surface area is 360 Å². The van der Waals surface area contributed by atoms with Crippen LogP contribution in [0.3, 0.4) is 0 Å². The average molecular weight is 869 g/mol. The molecule has 18 nitrogen and oxygen atoms in total. The van der Waals surface area contributed by atoms with Gasteiger partial charge in [-0.3, -0.25) is 24.1 Å². The maximum atomic E-state index is 13.0. The molecule has 2 aliphatic rings. The van der Waals surface area contributed by atoms with E-state index in [4.69, 9.17) is 10.5 Å². The molecule has 1 aromatic heterocycles. The van der Waals surface area contributed by atoms with Gasteiger partial charge in [-0.2, -0.15) is 4.98 Å². The Morgan fingerprint density at radius 1 is 0.903 bits per heavy atom. The van der Waals surface area contributed by atoms with Crippen molar-refractivity contribution in [1.29, 1.82) is 0 Å². The third-order valence-electron chi connectivity index (χ3n) is 10.1. The van der Waals surface area contributed by atoms with Crippen LogP contribution in [0.4, 0.5) is 34.5 Å². The number of imide groups is 1. The van der Waals surface area contributed by atoms with Crippen LogP contribution in [0, 0.1) is 6.92 Å². The quantitative estimate of drug-likeness (QED) is 0.0510. The number of aldehydes is 1. The number of nitrogens with zero attached hydrogens (tertiary/aromatic N) is 5. The second kappa shape index (κ2) is 19.5. The number of piperazine rings is 1. The number of fused-ring (bicyclic) bond motifs is 1. The largest absolute Gasteiger partial charge is 0.383 e. The lowest BCUT2D eigenvalue weighted by Gasteiger charge is -2.36. The van der Waals surface area contributed by atoms with Gasteiger partial charge in [-0.15, -0.1) is 0 Å². The van der Waals surface area contributed by atoms with Gasteiger partial charge in [-0.1, -0.05) is 6.07 Å². The van der Waals surface area contributed by atoms with Crippen molar-refractivity contribution in [3.05, 3.63) is 89.6 Å². The normalized spacial score (nSPS) is 14.7. The Balaban J connectivity index is 0.912. The van der Waals surface area contributed by atoms with Crippen molar-refractivity contribution >= 4 is 74.5 Å². The first-order valence-electron chi connectivity index (χ1n) is 20.2. The van der Waals surface area contributed by atoms with Crippen molar-refractivity contribution < 1.29 is 37.1 Å². The van der Waals surface area contributed by atoms with Crippen molar-refractivity contribution in [3.8, 4) is 0 Å². The Morgan fingerprint density at radius 2 is 1.61 bits per heavy atom. The third-order valence-corrected chi connectivity index (χ3v) is 11.8. The summed E-state index contributed by atoms with van der Waals surface area (Å²) < 4.78 is 34.1. The fourth-order valence-electron chi connectivity index (χ4n) is 7.03. The zero-order valence-corrected chi connectivity index (χ0v) is 36.0. The molecular weight excluding hydrogens is 817 g/mol. The highest BCUT2D eigenvalue weighted by Gasteiger charge is 2.42. The molecule has 1 fully saturated rings. The van der Waals surface area contributed by atoms with Gasteiger partial charge in [0.2, 0.25) is 27.8 Å². The van der Waals surface area contributed by atoms with Crippen molar-refractivity contribution in [2.24, 2.45) is 5.73 Å². The molecular formula is C43H52N10O8S. The van der Waals surface area contributed by atoms with Crippen LogP contribution >= 0.6 is 0 Å². The highest BCUT2D eigenvalue weighted by atomic mass is 32.2. The summed E-state index contributed by atoms with van der Waals surface area (Å²) in [7, 11) is -3.72. The van der Waals surface area contributed by atoms with Crippen LogP contribution in [-0.2, 0) is 29.1 Å². The van der Waals surface area contributed by atoms with Gasteiger partial charge in [-0.05, 0) is 94.8 Å². The SMILES string of the molecule is Cc1cnc(Nc2ccc(N3CCN(C(=O)CCOCCNc4ccc5c(c4)C(=O)N(C(CCC=O)C(N)=O)C5=O)CC3)cc2)nc1Nc1cccc(S(=O)(=O)NC(C)(C)C)c1. The summed E-state index contributed by atoms with van der Waals surface area (Å²) in [5.74, 6) is -1.23. The fraction of sp³-hybridized carbons (Fsp3) is 0.372. The maximum absolute atomic E-state index is 13.0. The standard InChI is InChI=1S/C43H52N10O8S/c1-28-27-46-42(49-39(28)47-31-7-5-8-33(25-31)62(59,60)50-43(2,3)4)48-29-10-13-32(14-11-29)51-18-20-52(21-19-51)37(55)16-23-61-24-17-45-30-12-15-34-35(26-30)41(58)53(40(34)57)36(38(44)56)9-6-22-54/h5,7-8,10-15,22,25-27,36,45,50H,6,9,16-21,23-24H2,1-4H3,(H2,44,56)(H2,46,47,48,49). The predicted molar refractivity (Wildman–Crippen MR) is 234 cm³/mol. The van der Waals surface area contributed by atoms with Gasteiger partial charge >= 0.3 is 0 Å². The lowest BCUT2D eigenvalue weighted by molar-refractivity contribution is -0.132. The highest BCUT2D eigenvalue weighted by molar-refractivity contribution is 7.89. The first kappa shape index (κ1) is 45.1. The summed E-state index contributed by atoms with van der Waals surface area (Å²) in [6, 6.07) is 17.9. The summed E-state index contributed by atoms with van der Waals surface area (Å²) in [4.78, 5) is 75.7. The van der Waals surface area contributed by atoms with Crippen LogP contribution < -0.4 is 31.3 Å². The number of nitrogens with two attached hydrogens (primary N) is 1. The molecule has 0 saturated carbocycles. The minimum Gasteiger partial charge on any atom is -0.383 e. The van der Waals surface area contributed by atoms with E-state index in [9.17, 15) is 32.4 Å². The summed E-state index contributed by atoms with van der Waals surface area (Å²) in [5.41, 5.74) is 8.82. The lowest BCUT2D eigenvalue weighted by Crippen LogP contribution is -2.49. The van der Waals surface area contributed by atoms with E-state index in [0.29, 0.717) is 68.8 Å². The molecule has 0 aliphatic carbocycles. The van der Waals surface area contributed by atoms with E-state index < -0.39 is 39.3 Å². The number of carbonyl (C=O) groups is 5. The van der Waals surface area contributed by atoms with E-state index in [-0.39, 0.29) is 47.8 Å². The Bertz CT molecular complexity index is 2420. The Hall–Kier alpha value is -6.44. The molecule has 2 aliphatic heterocycles. The first-order chi connectivity index (χ1) is 29.5. The molecule has 1 atom stereocenters. The number of aryl methyl sites for hydroxylation is 1. The topological polar surface area (TPSA) is 238 Å². The van der Waals surface area contributed by atoms with E-state index in [2.05, 4.69) is 35.5 Å². The van der Waals surface area contributed by atoms with Gasteiger partial charge in [0.15, 0.2) is 0 Å². The average Bonchev–Trinajstić information content (AvgIpc) is 3.47. The van der Waals surface area contributed by atoms with Gasteiger partial charge in [0.25, 0.3) is 11.8 Å². The van der Waals surface area contributed by atoms with Crippen LogP contribution in [0.2, 0.25) is 0 Å². The number of nitrogens with one attached hydrogen (secondary N) is 4. The molecule has 1 unspecified atom stereocenters. The predicted octanol–water partition coefficient (Wildman–Crippen LogP) is 3.95. The molecule has 62 heavy (non-hydrogen) atoms. The number of benzene rings is 3. The van der Waals surface area contributed by atoms with E-state index in [1.54, 1.807) is 57.3 Å². The number of carbonyl (C=O) groups excluding carboxylic acids is 5. The van der Waals surface area contributed by atoms with Gasteiger partial charge in [0, 0.05) is 79.2 Å². The monoisotopic (exact) mass is 868 g/mol. The molecule has 0 bridgehead atoms. The van der Waals surface area contributed by atoms with Crippen molar-refractivity contribution in [1.82, 2.24) is 24.5 Å². The maximum Gasteiger partial charge on any atom is 0.262 e. The van der Waals surface area contributed by atoms with Crippen LogP contribution in [-0.4, -0.2) is 116 Å². The molecule has 6 rings (SSSR count). The Kier molecular flexibility index (Phi) is 14.2. The zero-order chi connectivity index (χ0) is 44.6. The second-order valence-electron chi connectivity index (χ2n) is 16.0. The van der Waals surface area contributed by atoms with E-state index in [1.165, 1.54) is 12.1 Å². The molecule has 6 N–H and O–H groups in total. The van der Waals surface area contributed by atoms with Gasteiger partial charge in [0.05, 0.1) is 35.7 Å². The lowest BCUT2D eigenvalue weighted by atomic mass is 10.1. The molecule has 0 spiro atoms. The van der Waals surface area contributed by atoms with Crippen LogP contribution in [0.15, 0.2) is 77.8 Å². The van der Waals surface area contributed by atoms with Crippen molar-refractivity contribution in [3.63, 3.8) is 0 Å². The number of anilines is 6. The molecule has 19 heteroatoms. The number of sulfonamides is 1.